The van der Waals surface area contributed by atoms with Crippen LogP contribution in [-0.2, 0) is 14.4 Å². The monoisotopic (exact) mass is 932 g/mol. The normalized spacial score (nSPS) is 16.1. The summed E-state index contributed by atoms with van der Waals surface area (Å²) in [5.41, 5.74) is 3.78. The number of benzene rings is 4. The molecule has 1 aliphatic rings. The summed E-state index contributed by atoms with van der Waals surface area (Å²) in [6, 6.07) is 12.3. The first-order valence-corrected chi connectivity index (χ1v) is 22.8. The van der Waals surface area contributed by atoms with E-state index in [9.17, 15) is 55.2 Å². The Labute approximate surface area is 397 Å². The molecule has 0 fully saturated rings. The summed E-state index contributed by atoms with van der Waals surface area (Å²) in [5.74, 6) is -3.12. The topological polar surface area (TPSA) is 223 Å². The Morgan fingerprint density at radius 1 is 0.328 bits per heavy atom. The smallest absolute Gasteiger partial charge is 0.209 e. The highest BCUT2D eigenvalue weighted by molar-refractivity contribution is 5.62. The standard InChI is InChI=1S/C44H56O8.3C3H7NO/c1-21(2)9-25-29-13-31(39(47)17-37(29)45)26(10-22(3)4)33-15-35(43(51)19-41(33)49)28(12-24(7)8)36-16-34(42(50)20-44(36)52)27(11-23(5)6)32-14-30(25)38(46)18-40(32)48;3*1-4(2)3-5/h13-28,45-52H,9-12H2,1-8H3;3*3H,1-2H3. The number of phenolic OH excluding ortho intramolecular Hbond substituents is 8. The first-order chi connectivity index (χ1) is 31.2. The van der Waals surface area contributed by atoms with E-state index in [2.05, 4.69) is 0 Å². The Morgan fingerprint density at radius 2 is 0.448 bits per heavy atom. The first kappa shape index (κ1) is 56.8. The van der Waals surface area contributed by atoms with Crippen LogP contribution in [0.4, 0.5) is 0 Å². The van der Waals surface area contributed by atoms with E-state index in [4.69, 9.17) is 0 Å². The number of rotatable bonds is 11. The fraction of sp³-hybridized carbons (Fsp3) is 0.491. The molecule has 4 aromatic carbocycles. The van der Waals surface area contributed by atoms with Crippen molar-refractivity contribution in [1.82, 2.24) is 14.7 Å². The molecule has 14 heteroatoms. The second kappa shape index (κ2) is 25.6. The maximum absolute atomic E-state index is 11.5. The third-order valence-corrected chi connectivity index (χ3v) is 11.2. The summed E-state index contributed by atoms with van der Waals surface area (Å²) in [4.78, 5) is 32.6. The van der Waals surface area contributed by atoms with Crippen LogP contribution in [0.3, 0.4) is 0 Å². The van der Waals surface area contributed by atoms with Gasteiger partial charge in [-0.3, -0.25) is 14.4 Å². The van der Waals surface area contributed by atoms with Crippen LogP contribution >= 0.6 is 0 Å². The van der Waals surface area contributed by atoms with E-state index in [1.807, 2.05) is 55.4 Å². The van der Waals surface area contributed by atoms with Gasteiger partial charge in [0.25, 0.3) is 0 Å². The summed E-state index contributed by atoms with van der Waals surface area (Å²) in [5, 5.41) is 92.1. The molecule has 67 heavy (non-hydrogen) atoms. The van der Waals surface area contributed by atoms with Gasteiger partial charge in [-0.2, -0.15) is 0 Å². The van der Waals surface area contributed by atoms with Gasteiger partial charge in [0.15, 0.2) is 0 Å². The Bertz CT molecular complexity index is 1840. The van der Waals surface area contributed by atoms with Gasteiger partial charge in [0.1, 0.15) is 46.0 Å². The quantitative estimate of drug-likeness (QED) is 0.0662. The maximum Gasteiger partial charge on any atom is 0.209 e. The Balaban J connectivity index is 0.000000890. The fourth-order valence-corrected chi connectivity index (χ4v) is 8.25. The molecule has 8 N–H and O–H groups in total. The predicted molar refractivity (Wildman–Crippen MR) is 264 cm³/mol. The van der Waals surface area contributed by atoms with Crippen molar-refractivity contribution < 1.29 is 55.2 Å². The van der Waals surface area contributed by atoms with Crippen LogP contribution in [0.2, 0.25) is 0 Å². The molecule has 0 saturated heterocycles. The van der Waals surface area contributed by atoms with Gasteiger partial charge in [-0.25, -0.2) is 0 Å². The molecule has 3 amide bonds. The van der Waals surface area contributed by atoms with Crippen LogP contribution in [0, 0.1) is 23.7 Å². The molecule has 0 unspecified atom stereocenters. The van der Waals surface area contributed by atoms with Gasteiger partial charge in [-0.05, 0) is 73.6 Å². The zero-order valence-corrected chi connectivity index (χ0v) is 41.9. The number of aromatic hydroxyl groups is 8. The number of carbonyl (C=O) groups is 3. The van der Waals surface area contributed by atoms with Crippen molar-refractivity contribution in [3.8, 4) is 46.0 Å². The lowest BCUT2D eigenvalue weighted by Gasteiger charge is -2.30. The van der Waals surface area contributed by atoms with Crippen molar-refractivity contribution in [1.29, 1.82) is 0 Å². The number of hydrogen-bond donors (Lipinski definition) is 8. The van der Waals surface area contributed by atoms with Crippen LogP contribution in [0.1, 0.15) is 149 Å². The third-order valence-electron chi connectivity index (χ3n) is 11.2. The Hall–Kier alpha value is -6.31. The number of carbonyl (C=O) groups excluding carboxylic acids is 3. The van der Waals surface area contributed by atoms with E-state index in [0.717, 1.165) is 19.2 Å². The van der Waals surface area contributed by atoms with E-state index < -0.39 is 23.7 Å². The molecule has 0 aromatic heterocycles. The number of amides is 3. The number of fused-ring (bicyclic) bond motifs is 8. The summed E-state index contributed by atoms with van der Waals surface area (Å²) in [6.07, 6.45) is 4.25. The van der Waals surface area contributed by atoms with E-state index >= 15 is 0 Å². The average molecular weight is 932 g/mol. The molecule has 1 aliphatic carbocycles. The molecule has 0 saturated carbocycles. The molecular weight excluding hydrogens is 855 g/mol. The van der Waals surface area contributed by atoms with Gasteiger partial charge in [0.05, 0.1) is 0 Å². The third kappa shape index (κ3) is 15.9. The second-order valence-electron chi connectivity index (χ2n) is 19.8. The summed E-state index contributed by atoms with van der Waals surface area (Å²) in [7, 11) is 10.1. The highest BCUT2D eigenvalue weighted by atomic mass is 16.3. The van der Waals surface area contributed by atoms with Crippen molar-refractivity contribution in [2.24, 2.45) is 23.7 Å². The zero-order chi connectivity index (χ0) is 51.2. The van der Waals surface area contributed by atoms with Gasteiger partial charge in [0.2, 0.25) is 19.2 Å². The molecule has 370 valence electrons. The average Bonchev–Trinajstić information content (AvgIpc) is 3.21. The lowest BCUT2D eigenvalue weighted by Crippen LogP contribution is -2.13. The first-order valence-electron chi connectivity index (χ1n) is 22.8. The highest BCUT2D eigenvalue weighted by Gasteiger charge is 2.34. The van der Waals surface area contributed by atoms with E-state index in [1.165, 1.54) is 39.0 Å². The van der Waals surface area contributed by atoms with Crippen molar-refractivity contribution in [2.45, 2.75) is 105 Å². The summed E-state index contributed by atoms with van der Waals surface area (Å²) in [6.45, 7) is 16.3. The second-order valence-corrected chi connectivity index (χ2v) is 19.8. The van der Waals surface area contributed by atoms with Crippen LogP contribution in [0.5, 0.6) is 46.0 Å². The highest BCUT2D eigenvalue weighted by Crippen LogP contribution is 2.53. The van der Waals surface area contributed by atoms with Crippen LogP contribution in [0.25, 0.3) is 0 Å². The van der Waals surface area contributed by atoms with Gasteiger partial charge < -0.3 is 55.6 Å². The molecule has 0 spiro atoms. The van der Waals surface area contributed by atoms with Crippen molar-refractivity contribution in [3.63, 3.8) is 0 Å². The largest absolute Gasteiger partial charge is 0.508 e. The van der Waals surface area contributed by atoms with Gasteiger partial charge >= 0.3 is 0 Å². The molecule has 14 nitrogen and oxygen atoms in total. The molecule has 0 aliphatic heterocycles. The minimum atomic E-state index is -0.575. The molecule has 0 atom stereocenters. The zero-order valence-electron chi connectivity index (χ0n) is 41.9. The number of nitrogens with zero attached hydrogens (tertiary/aromatic N) is 3. The van der Waals surface area contributed by atoms with Crippen molar-refractivity contribution in [2.75, 3.05) is 42.3 Å². The molecule has 4 aromatic rings. The number of phenols is 8. The molecule has 8 bridgehead atoms. The van der Waals surface area contributed by atoms with E-state index in [0.29, 0.717) is 70.2 Å². The van der Waals surface area contributed by atoms with Crippen LogP contribution < -0.4 is 0 Å². The van der Waals surface area contributed by atoms with Gasteiger partial charge in [0, 0.05) is 135 Å². The maximum atomic E-state index is 11.5. The summed E-state index contributed by atoms with van der Waals surface area (Å²) >= 11 is 0. The lowest BCUT2D eigenvalue weighted by atomic mass is 9.75. The van der Waals surface area contributed by atoms with E-state index in [-0.39, 0.29) is 69.7 Å². The Morgan fingerprint density at radius 3 is 0.537 bits per heavy atom. The van der Waals surface area contributed by atoms with Crippen LogP contribution in [0.15, 0.2) is 48.5 Å². The number of hydrogen-bond acceptors (Lipinski definition) is 11. The molecule has 5 rings (SSSR count). The van der Waals surface area contributed by atoms with Gasteiger partial charge in [-0.1, -0.05) is 55.4 Å². The van der Waals surface area contributed by atoms with Crippen molar-refractivity contribution >= 4 is 19.2 Å². The van der Waals surface area contributed by atoms with E-state index in [1.54, 1.807) is 66.6 Å². The predicted octanol–water partition coefficient (Wildman–Crippen LogP) is 9.47. The molecular formula is C53H77N3O11. The fourth-order valence-electron chi connectivity index (χ4n) is 8.25. The van der Waals surface area contributed by atoms with Crippen LogP contribution in [-0.4, -0.2) is 117 Å². The SMILES string of the molecule is CC(C)CC1c2cc(c(O)cc2O)C(CC(C)C)c2cc(c(O)cc2O)C(CC(C)C)c2cc(c(O)cc2O)C(CC(C)C)c2cc1c(O)cc2O.CN(C)C=O.CN(C)C=O.CN(C)C=O. The lowest BCUT2D eigenvalue weighted by molar-refractivity contribution is -0.116. The minimum absolute atomic E-state index is 0.104. The Kier molecular flexibility index (Phi) is 21.7. The minimum Gasteiger partial charge on any atom is -0.508 e. The molecule has 0 heterocycles. The molecule has 0 radical (unpaired) electrons. The van der Waals surface area contributed by atoms with Gasteiger partial charge in [-0.15, -0.1) is 0 Å². The summed E-state index contributed by atoms with van der Waals surface area (Å²) < 4.78 is 0. The van der Waals surface area contributed by atoms with Crippen molar-refractivity contribution in [3.05, 3.63) is 93.0 Å².